The van der Waals surface area contributed by atoms with Crippen molar-refractivity contribution in [3.63, 3.8) is 0 Å². The maximum atomic E-state index is 12.0. The highest BCUT2D eigenvalue weighted by molar-refractivity contribution is 7.89. The number of benzene rings is 2. The van der Waals surface area contributed by atoms with E-state index in [1.165, 1.54) is 0 Å². The van der Waals surface area contributed by atoms with Crippen LogP contribution in [0.1, 0.15) is 25.3 Å². The fourth-order valence-corrected chi connectivity index (χ4v) is 3.17. The van der Waals surface area contributed by atoms with Crippen molar-refractivity contribution < 1.29 is 17.9 Å². The molecular weight excluding hydrogens is 314 g/mol. The molecule has 0 fully saturated rings. The smallest absolute Gasteiger partial charge is 0.239 e. The monoisotopic (exact) mass is 333 g/mol. The van der Waals surface area contributed by atoms with Crippen molar-refractivity contribution in [3.8, 4) is 11.5 Å². The fourth-order valence-electron chi connectivity index (χ4n) is 2.03. The third-order valence-electron chi connectivity index (χ3n) is 2.98. The quantitative estimate of drug-likeness (QED) is 0.844. The van der Waals surface area contributed by atoms with Gasteiger partial charge < -0.3 is 4.74 Å². The lowest BCUT2D eigenvalue weighted by Gasteiger charge is -2.09. The number of hydrogen-bond acceptors (Lipinski definition) is 4. The minimum Gasteiger partial charge on any atom is -0.457 e. The van der Waals surface area contributed by atoms with Gasteiger partial charge in [0, 0.05) is 6.42 Å². The van der Waals surface area contributed by atoms with E-state index < -0.39 is 15.9 Å². The lowest BCUT2D eigenvalue weighted by atomic mass is 10.2. The number of sulfonamides is 1. The van der Waals surface area contributed by atoms with Gasteiger partial charge in [-0.15, -0.1) is 0 Å². The third-order valence-corrected chi connectivity index (χ3v) is 4.23. The maximum Gasteiger partial charge on any atom is 0.239 e. The zero-order valence-electron chi connectivity index (χ0n) is 12.9. The first-order valence-corrected chi connectivity index (χ1v) is 8.99. The Morgan fingerprint density at radius 2 is 1.74 bits per heavy atom. The van der Waals surface area contributed by atoms with Crippen molar-refractivity contribution >= 4 is 15.9 Å². The van der Waals surface area contributed by atoms with Crippen molar-refractivity contribution in [3.05, 3.63) is 60.2 Å². The molecule has 2 rings (SSSR count). The summed E-state index contributed by atoms with van der Waals surface area (Å²) in [7, 11) is -3.70. The summed E-state index contributed by atoms with van der Waals surface area (Å²) in [5.74, 6) is 0.464. The Bertz CT molecular complexity index is 757. The van der Waals surface area contributed by atoms with Crippen LogP contribution in [0.5, 0.6) is 11.5 Å². The van der Waals surface area contributed by atoms with Crippen molar-refractivity contribution in [1.29, 1.82) is 0 Å². The average Bonchev–Trinajstić information content (AvgIpc) is 2.47. The Hall–Kier alpha value is -2.34. The van der Waals surface area contributed by atoms with Gasteiger partial charge in [0.2, 0.25) is 15.9 Å². The van der Waals surface area contributed by atoms with Gasteiger partial charge in [-0.05, 0) is 36.2 Å². The summed E-state index contributed by atoms with van der Waals surface area (Å²) in [6, 6.07) is 16.0. The summed E-state index contributed by atoms with van der Waals surface area (Å²) in [6.07, 6.45) is 0.790. The molecule has 1 N–H and O–H groups in total. The molecule has 0 aliphatic heterocycles. The van der Waals surface area contributed by atoms with Crippen LogP contribution < -0.4 is 9.46 Å². The number of hydrogen-bond donors (Lipinski definition) is 1. The first kappa shape index (κ1) is 17.0. The van der Waals surface area contributed by atoms with E-state index in [4.69, 9.17) is 4.74 Å². The highest BCUT2D eigenvalue weighted by Gasteiger charge is 2.15. The van der Waals surface area contributed by atoms with Crippen LogP contribution in [0.3, 0.4) is 0 Å². The van der Waals surface area contributed by atoms with Crippen molar-refractivity contribution in [2.45, 2.75) is 25.5 Å². The second kappa shape index (κ2) is 7.78. The molecular formula is C17H19NO4S. The van der Waals surface area contributed by atoms with Crippen LogP contribution in [0.15, 0.2) is 54.6 Å². The van der Waals surface area contributed by atoms with Gasteiger partial charge in [0.05, 0.1) is 5.75 Å². The summed E-state index contributed by atoms with van der Waals surface area (Å²) in [5, 5.41) is 0. The first-order chi connectivity index (χ1) is 11.0. The molecule has 0 saturated carbocycles. The van der Waals surface area contributed by atoms with E-state index in [1.807, 2.05) is 37.3 Å². The molecule has 0 aromatic heterocycles. The molecule has 0 saturated heterocycles. The zero-order chi connectivity index (χ0) is 16.7. The van der Waals surface area contributed by atoms with E-state index in [-0.39, 0.29) is 12.2 Å². The third kappa shape index (κ3) is 5.75. The second-order valence-electron chi connectivity index (χ2n) is 5.10. The molecule has 5 nitrogen and oxygen atoms in total. The second-order valence-corrected chi connectivity index (χ2v) is 6.82. The minimum absolute atomic E-state index is 0.191. The zero-order valence-corrected chi connectivity index (χ0v) is 13.7. The number of carbonyl (C=O) groups is 1. The van der Waals surface area contributed by atoms with Gasteiger partial charge in [-0.1, -0.05) is 37.3 Å². The van der Waals surface area contributed by atoms with Crippen LogP contribution in [-0.2, 0) is 20.6 Å². The van der Waals surface area contributed by atoms with Crippen LogP contribution in [-0.4, -0.2) is 14.3 Å². The number of carbonyl (C=O) groups excluding carboxylic acids is 1. The number of rotatable bonds is 7. The molecule has 2 aromatic carbocycles. The van der Waals surface area contributed by atoms with E-state index in [2.05, 4.69) is 4.72 Å². The SMILES string of the molecule is CCCC(=O)NS(=O)(=O)Cc1cccc(Oc2ccccc2)c1. The predicted molar refractivity (Wildman–Crippen MR) is 88.6 cm³/mol. The minimum atomic E-state index is -3.70. The molecule has 0 aliphatic rings. The van der Waals surface area contributed by atoms with Crippen LogP contribution in [0.4, 0.5) is 0 Å². The molecule has 0 heterocycles. The molecule has 0 atom stereocenters. The number of para-hydroxylation sites is 1. The number of nitrogens with one attached hydrogen (secondary N) is 1. The standard InChI is InChI=1S/C17H19NO4S/c1-2-7-17(19)18-23(20,21)13-14-8-6-11-16(12-14)22-15-9-4-3-5-10-15/h3-6,8-12H,2,7,13H2,1H3,(H,18,19). The first-order valence-electron chi connectivity index (χ1n) is 7.33. The largest absolute Gasteiger partial charge is 0.457 e. The van der Waals surface area contributed by atoms with Gasteiger partial charge >= 0.3 is 0 Å². The van der Waals surface area contributed by atoms with Crippen molar-refractivity contribution in [2.24, 2.45) is 0 Å². The van der Waals surface area contributed by atoms with Crippen LogP contribution in [0.25, 0.3) is 0 Å². The Balaban J connectivity index is 2.06. The summed E-state index contributed by atoms with van der Waals surface area (Å²) in [5.41, 5.74) is 0.551. The molecule has 0 aliphatic carbocycles. The molecule has 0 bridgehead atoms. The fraction of sp³-hybridized carbons (Fsp3) is 0.235. The van der Waals surface area contributed by atoms with E-state index in [9.17, 15) is 13.2 Å². The molecule has 0 radical (unpaired) electrons. The maximum absolute atomic E-state index is 12.0. The van der Waals surface area contributed by atoms with Gasteiger partial charge in [0.1, 0.15) is 11.5 Å². The molecule has 6 heteroatoms. The van der Waals surface area contributed by atoms with Gasteiger partial charge in [-0.3, -0.25) is 9.52 Å². The van der Waals surface area contributed by atoms with Gasteiger partial charge in [0.15, 0.2) is 0 Å². The van der Waals surface area contributed by atoms with Gasteiger partial charge in [0.25, 0.3) is 0 Å². The lowest BCUT2D eigenvalue weighted by Crippen LogP contribution is -2.31. The molecule has 0 spiro atoms. The van der Waals surface area contributed by atoms with Crippen LogP contribution in [0, 0.1) is 0 Å². The number of ether oxygens (including phenoxy) is 1. The van der Waals surface area contributed by atoms with Crippen molar-refractivity contribution in [2.75, 3.05) is 0 Å². The molecule has 2 aromatic rings. The summed E-state index contributed by atoms with van der Waals surface area (Å²) in [4.78, 5) is 11.4. The van der Waals surface area contributed by atoms with Gasteiger partial charge in [-0.25, -0.2) is 8.42 Å². The molecule has 23 heavy (non-hydrogen) atoms. The highest BCUT2D eigenvalue weighted by Crippen LogP contribution is 2.22. The van der Waals surface area contributed by atoms with Crippen LogP contribution in [0.2, 0.25) is 0 Å². The Labute approximate surface area is 136 Å². The molecule has 122 valence electrons. The van der Waals surface area contributed by atoms with E-state index >= 15 is 0 Å². The summed E-state index contributed by atoms with van der Waals surface area (Å²) in [6.45, 7) is 1.82. The molecule has 1 amide bonds. The number of amides is 1. The Morgan fingerprint density at radius 1 is 1.04 bits per heavy atom. The topological polar surface area (TPSA) is 72.5 Å². The molecule has 0 unspecified atom stereocenters. The van der Waals surface area contributed by atoms with Crippen molar-refractivity contribution in [1.82, 2.24) is 4.72 Å². The Morgan fingerprint density at radius 3 is 2.43 bits per heavy atom. The van der Waals surface area contributed by atoms with Gasteiger partial charge in [-0.2, -0.15) is 0 Å². The Kier molecular flexibility index (Phi) is 5.76. The average molecular weight is 333 g/mol. The van der Waals surface area contributed by atoms with E-state index in [1.54, 1.807) is 24.3 Å². The normalized spacial score (nSPS) is 11.0. The summed E-state index contributed by atoms with van der Waals surface area (Å²) < 4.78 is 31.7. The predicted octanol–water partition coefficient (Wildman–Crippen LogP) is 3.23. The highest BCUT2D eigenvalue weighted by atomic mass is 32.2. The van der Waals surface area contributed by atoms with Crippen LogP contribution >= 0.6 is 0 Å². The lowest BCUT2D eigenvalue weighted by molar-refractivity contribution is -0.119. The summed E-state index contributed by atoms with van der Waals surface area (Å²) >= 11 is 0. The van der Waals surface area contributed by atoms with E-state index in [0.717, 1.165) is 0 Å². The van der Waals surface area contributed by atoms with E-state index in [0.29, 0.717) is 23.5 Å².